The Bertz CT molecular complexity index is 583. The summed E-state index contributed by atoms with van der Waals surface area (Å²) >= 11 is 3.36. The number of nitrogens with one attached hydrogen (secondary N) is 1. The van der Waals surface area contributed by atoms with E-state index < -0.39 is 15.9 Å². The zero-order valence-corrected chi connectivity index (χ0v) is 14.5. The summed E-state index contributed by atoms with van der Waals surface area (Å²) in [4.78, 5) is 14.0. The lowest BCUT2D eigenvalue weighted by molar-refractivity contribution is 0.0712. The van der Waals surface area contributed by atoms with E-state index in [9.17, 15) is 13.2 Å². The lowest BCUT2D eigenvalue weighted by atomic mass is 10.2. The third-order valence-electron chi connectivity index (χ3n) is 3.01. The van der Waals surface area contributed by atoms with Crippen LogP contribution in [0.2, 0.25) is 0 Å². The van der Waals surface area contributed by atoms with Gasteiger partial charge in [0, 0.05) is 24.5 Å². The maximum atomic E-state index is 12.5. The number of hydrogen-bond acceptors (Lipinski definition) is 4. The minimum absolute atomic E-state index is 0.0603. The van der Waals surface area contributed by atoms with Crippen LogP contribution in [0, 0.1) is 0 Å². The molecule has 0 radical (unpaired) electrons. The number of H-pyrrole nitrogens is 1. The van der Waals surface area contributed by atoms with Crippen LogP contribution < -0.4 is 0 Å². The number of aromatic amines is 1. The normalized spacial score (nSPS) is 13.2. The highest BCUT2D eigenvalue weighted by Gasteiger charge is 2.27. The Labute approximate surface area is 128 Å². The molecule has 0 aromatic carbocycles. The average Bonchev–Trinajstić information content (AvgIpc) is 2.68. The molecule has 1 aromatic heterocycles. The second kappa shape index (κ2) is 6.71. The Morgan fingerprint density at radius 1 is 1.45 bits per heavy atom. The number of aryl methyl sites for hydroxylation is 1. The van der Waals surface area contributed by atoms with Gasteiger partial charge in [-0.25, -0.2) is 8.42 Å². The van der Waals surface area contributed by atoms with Gasteiger partial charge in [0.2, 0.25) is 0 Å². The Morgan fingerprint density at radius 3 is 2.45 bits per heavy atom. The van der Waals surface area contributed by atoms with Gasteiger partial charge >= 0.3 is 0 Å². The third-order valence-corrected chi connectivity index (χ3v) is 4.95. The molecule has 0 fully saturated rings. The SMILES string of the molecule is CCc1[nH]nc(C(=O)N(CC)C(C)CS(C)(=O)=O)c1Br. The molecule has 1 N–H and O–H groups in total. The number of aromatic nitrogens is 2. The molecule has 0 aliphatic carbocycles. The van der Waals surface area contributed by atoms with E-state index in [4.69, 9.17) is 0 Å². The predicted molar refractivity (Wildman–Crippen MR) is 81.5 cm³/mol. The molecule has 1 rings (SSSR count). The molecule has 1 unspecified atom stereocenters. The first-order valence-electron chi connectivity index (χ1n) is 6.42. The molecule has 0 bridgehead atoms. The number of halogens is 1. The molecule has 1 aromatic rings. The molecule has 0 aliphatic rings. The Morgan fingerprint density at radius 2 is 2.05 bits per heavy atom. The Hall–Kier alpha value is -0.890. The van der Waals surface area contributed by atoms with Crippen molar-refractivity contribution in [3.8, 4) is 0 Å². The van der Waals surface area contributed by atoms with Crippen LogP contribution in [-0.4, -0.2) is 54.0 Å². The number of carbonyl (C=O) groups excluding carboxylic acids is 1. The maximum Gasteiger partial charge on any atom is 0.275 e. The Balaban J connectivity index is 3.00. The van der Waals surface area contributed by atoms with E-state index in [1.165, 1.54) is 11.2 Å². The number of rotatable bonds is 6. The highest BCUT2D eigenvalue weighted by Crippen LogP contribution is 2.21. The second-order valence-electron chi connectivity index (χ2n) is 4.75. The topological polar surface area (TPSA) is 83.1 Å². The average molecular weight is 366 g/mol. The van der Waals surface area contributed by atoms with Crippen molar-refractivity contribution in [2.24, 2.45) is 0 Å². The molecule has 20 heavy (non-hydrogen) atoms. The molecular weight excluding hydrogens is 346 g/mol. The molecule has 0 saturated heterocycles. The molecule has 1 heterocycles. The molecule has 6 nitrogen and oxygen atoms in total. The van der Waals surface area contributed by atoms with Gasteiger partial charge < -0.3 is 4.90 Å². The monoisotopic (exact) mass is 365 g/mol. The highest BCUT2D eigenvalue weighted by molar-refractivity contribution is 9.10. The summed E-state index contributed by atoms with van der Waals surface area (Å²) in [6.07, 6.45) is 1.90. The molecule has 114 valence electrons. The molecule has 1 amide bonds. The first-order valence-corrected chi connectivity index (χ1v) is 9.28. The first kappa shape index (κ1) is 17.2. The minimum Gasteiger partial charge on any atom is -0.334 e. The smallest absolute Gasteiger partial charge is 0.275 e. The molecule has 0 spiro atoms. The van der Waals surface area contributed by atoms with Crippen molar-refractivity contribution in [2.45, 2.75) is 33.2 Å². The predicted octanol–water partition coefficient (Wildman–Crippen LogP) is 1.63. The van der Waals surface area contributed by atoms with Crippen molar-refractivity contribution in [1.82, 2.24) is 15.1 Å². The van der Waals surface area contributed by atoms with E-state index in [-0.39, 0.29) is 11.7 Å². The lowest BCUT2D eigenvalue weighted by Crippen LogP contribution is -2.42. The van der Waals surface area contributed by atoms with Crippen LogP contribution in [0.25, 0.3) is 0 Å². The van der Waals surface area contributed by atoms with E-state index in [0.29, 0.717) is 16.7 Å². The largest absolute Gasteiger partial charge is 0.334 e. The second-order valence-corrected chi connectivity index (χ2v) is 7.73. The summed E-state index contributed by atoms with van der Waals surface area (Å²) < 4.78 is 23.4. The summed E-state index contributed by atoms with van der Waals surface area (Å²) in [5.74, 6) is -0.332. The van der Waals surface area contributed by atoms with Gasteiger partial charge in [0.1, 0.15) is 9.84 Å². The minimum atomic E-state index is -3.14. The molecule has 0 saturated carbocycles. The summed E-state index contributed by atoms with van der Waals surface area (Å²) in [6.45, 7) is 5.92. The summed E-state index contributed by atoms with van der Waals surface area (Å²) in [5, 5.41) is 6.83. The number of amides is 1. The number of hydrogen-bond donors (Lipinski definition) is 1. The van der Waals surface area contributed by atoms with E-state index in [0.717, 1.165) is 12.1 Å². The van der Waals surface area contributed by atoms with Crippen molar-refractivity contribution in [3.05, 3.63) is 15.9 Å². The van der Waals surface area contributed by atoms with Gasteiger partial charge in [-0.3, -0.25) is 9.89 Å². The van der Waals surface area contributed by atoms with Gasteiger partial charge in [0.05, 0.1) is 10.2 Å². The highest BCUT2D eigenvalue weighted by atomic mass is 79.9. The van der Waals surface area contributed by atoms with Crippen LogP contribution in [0.15, 0.2) is 4.47 Å². The van der Waals surface area contributed by atoms with E-state index >= 15 is 0 Å². The van der Waals surface area contributed by atoms with Crippen LogP contribution >= 0.6 is 15.9 Å². The van der Waals surface area contributed by atoms with Gasteiger partial charge in [-0.1, -0.05) is 6.92 Å². The van der Waals surface area contributed by atoms with Crippen LogP contribution in [0.1, 0.15) is 37.0 Å². The van der Waals surface area contributed by atoms with Crippen molar-refractivity contribution in [2.75, 3.05) is 18.6 Å². The quantitative estimate of drug-likeness (QED) is 0.830. The number of carbonyl (C=O) groups is 1. The van der Waals surface area contributed by atoms with Crippen LogP contribution in [0.5, 0.6) is 0 Å². The summed E-state index contributed by atoms with van der Waals surface area (Å²) in [5.41, 5.74) is 1.14. The third kappa shape index (κ3) is 4.05. The van der Waals surface area contributed by atoms with E-state index in [2.05, 4.69) is 26.1 Å². The van der Waals surface area contributed by atoms with Crippen LogP contribution in [0.3, 0.4) is 0 Å². The fraction of sp³-hybridized carbons (Fsp3) is 0.667. The van der Waals surface area contributed by atoms with Crippen molar-refractivity contribution in [1.29, 1.82) is 0 Å². The van der Waals surface area contributed by atoms with Crippen LogP contribution in [0.4, 0.5) is 0 Å². The van der Waals surface area contributed by atoms with E-state index in [1.807, 2.05) is 13.8 Å². The number of sulfone groups is 1. The van der Waals surface area contributed by atoms with Gasteiger partial charge in [0.15, 0.2) is 5.69 Å². The fourth-order valence-electron chi connectivity index (χ4n) is 2.06. The summed E-state index contributed by atoms with van der Waals surface area (Å²) in [6, 6.07) is -0.392. The standard InChI is InChI=1S/C12H20BrN3O3S/c1-5-9-10(13)11(15-14-9)12(17)16(6-2)8(3)7-20(4,18)19/h8H,5-7H2,1-4H3,(H,14,15). The molecule has 8 heteroatoms. The lowest BCUT2D eigenvalue weighted by Gasteiger charge is -2.26. The molecule has 1 atom stereocenters. The van der Waals surface area contributed by atoms with Crippen molar-refractivity contribution >= 4 is 31.7 Å². The maximum absolute atomic E-state index is 12.5. The molecule has 0 aliphatic heterocycles. The number of nitrogens with zero attached hydrogens (tertiary/aromatic N) is 2. The van der Waals surface area contributed by atoms with Gasteiger partial charge in [0.25, 0.3) is 5.91 Å². The summed E-state index contributed by atoms with van der Waals surface area (Å²) in [7, 11) is -3.14. The van der Waals surface area contributed by atoms with Crippen molar-refractivity contribution in [3.63, 3.8) is 0 Å². The Kier molecular flexibility index (Phi) is 5.76. The van der Waals surface area contributed by atoms with Crippen molar-refractivity contribution < 1.29 is 13.2 Å². The van der Waals surface area contributed by atoms with E-state index in [1.54, 1.807) is 6.92 Å². The molecular formula is C12H20BrN3O3S. The van der Waals surface area contributed by atoms with Gasteiger partial charge in [-0.05, 0) is 36.2 Å². The fourth-order valence-corrected chi connectivity index (χ4v) is 3.74. The zero-order chi connectivity index (χ0) is 15.5. The van der Waals surface area contributed by atoms with Gasteiger partial charge in [-0.15, -0.1) is 0 Å². The first-order chi connectivity index (χ1) is 9.21. The van der Waals surface area contributed by atoms with Gasteiger partial charge in [-0.2, -0.15) is 5.10 Å². The zero-order valence-electron chi connectivity index (χ0n) is 12.1. The van der Waals surface area contributed by atoms with Crippen LogP contribution in [-0.2, 0) is 16.3 Å².